The van der Waals surface area contributed by atoms with Gasteiger partial charge in [0.25, 0.3) is 0 Å². The summed E-state index contributed by atoms with van der Waals surface area (Å²) in [5.74, 6) is 0.0918. The van der Waals surface area contributed by atoms with Crippen molar-refractivity contribution in [2.45, 2.75) is 64.0 Å². The van der Waals surface area contributed by atoms with Gasteiger partial charge >= 0.3 is 0 Å². The van der Waals surface area contributed by atoms with Crippen molar-refractivity contribution in [1.82, 2.24) is 10.2 Å². The molecule has 1 aliphatic carbocycles. The minimum absolute atomic E-state index is 0.0918. The summed E-state index contributed by atoms with van der Waals surface area (Å²) in [4.78, 5) is 13.8. The maximum Gasteiger partial charge on any atom is 0.234 e. The van der Waals surface area contributed by atoms with Crippen LogP contribution in [0.2, 0.25) is 0 Å². The number of hydrogen-bond donors (Lipinski definition) is 1. The number of amides is 1. The predicted molar refractivity (Wildman–Crippen MR) is 72.0 cm³/mol. The van der Waals surface area contributed by atoms with Gasteiger partial charge in [-0.3, -0.25) is 9.69 Å². The lowest BCUT2D eigenvalue weighted by molar-refractivity contribution is -0.123. The number of carbonyl (C=O) groups excluding carboxylic acids is 1. The third-order valence-corrected chi connectivity index (χ3v) is 3.75. The molecule has 1 atom stereocenters. The van der Waals surface area contributed by atoms with E-state index in [1.165, 1.54) is 25.7 Å². The number of nitrogens with one attached hydrogen (secondary N) is 1. The Kier molecular flexibility index (Phi) is 6.74. The highest BCUT2D eigenvalue weighted by Gasteiger charge is 2.17. The van der Waals surface area contributed by atoms with Gasteiger partial charge in [-0.25, -0.2) is 0 Å². The predicted octanol–water partition coefficient (Wildman–Crippen LogP) is 2.06. The largest absolute Gasteiger partial charge is 0.352 e. The summed E-state index contributed by atoms with van der Waals surface area (Å²) in [6.45, 7) is 2.36. The summed E-state index contributed by atoms with van der Waals surface area (Å²) >= 11 is 0. The second-order valence-corrected chi connectivity index (χ2v) is 5.38. The van der Waals surface area contributed by atoms with E-state index in [1.807, 2.05) is 18.9 Å². The number of nitriles is 1. The summed E-state index contributed by atoms with van der Waals surface area (Å²) in [5, 5.41) is 11.8. The Morgan fingerprint density at radius 3 is 2.56 bits per heavy atom. The number of hydrogen-bond acceptors (Lipinski definition) is 3. The van der Waals surface area contributed by atoms with Crippen molar-refractivity contribution < 1.29 is 4.79 Å². The Hall–Kier alpha value is -1.08. The van der Waals surface area contributed by atoms with Crippen LogP contribution in [0.15, 0.2) is 0 Å². The van der Waals surface area contributed by atoms with Crippen molar-refractivity contribution >= 4 is 5.91 Å². The highest BCUT2D eigenvalue weighted by molar-refractivity contribution is 5.78. The van der Waals surface area contributed by atoms with Crippen molar-refractivity contribution in [2.24, 2.45) is 0 Å². The molecule has 1 unspecified atom stereocenters. The molecule has 4 heteroatoms. The minimum atomic E-state index is 0.0918. The van der Waals surface area contributed by atoms with Gasteiger partial charge in [-0.05, 0) is 26.8 Å². The molecule has 0 aromatic heterocycles. The van der Waals surface area contributed by atoms with Crippen LogP contribution >= 0.6 is 0 Å². The van der Waals surface area contributed by atoms with Gasteiger partial charge in [0.05, 0.1) is 19.0 Å². The molecule has 1 N–H and O–H groups in total. The molecule has 4 nitrogen and oxygen atoms in total. The van der Waals surface area contributed by atoms with Crippen LogP contribution in [0.5, 0.6) is 0 Å². The van der Waals surface area contributed by atoms with Crippen LogP contribution in [-0.2, 0) is 4.79 Å². The molecule has 1 rings (SSSR count). The van der Waals surface area contributed by atoms with Crippen LogP contribution in [-0.4, -0.2) is 36.5 Å². The Morgan fingerprint density at radius 1 is 1.39 bits per heavy atom. The quantitative estimate of drug-likeness (QED) is 0.761. The molecule has 1 amide bonds. The van der Waals surface area contributed by atoms with Gasteiger partial charge in [0, 0.05) is 12.1 Å². The van der Waals surface area contributed by atoms with Crippen molar-refractivity contribution in [3.05, 3.63) is 0 Å². The van der Waals surface area contributed by atoms with Gasteiger partial charge in [-0.2, -0.15) is 5.26 Å². The fourth-order valence-corrected chi connectivity index (χ4v) is 2.37. The zero-order chi connectivity index (χ0) is 13.4. The normalized spacial score (nSPS) is 19.0. The fourth-order valence-electron chi connectivity index (χ4n) is 2.37. The molecule has 0 aromatic carbocycles. The SMILES string of the molecule is CC(CC#N)N(C)CC(=O)NC1CCCCCC1. The summed E-state index contributed by atoms with van der Waals surface area (Å²) in [6.07, 6.45) is 7.74. The molecule has 0 heterocycles. The van der Waals surface area contributed by atoms with Crippen LogP contribution in [0.3, 0.4) is 0 Å². The molecule has 1 fully saturated rings. The molecule has 0 bridgehead atoms. The molecule has 102 valence electrons. The van der Waals surface area contributed by atoms with Gasteiger partial charge in [0.1, 0.15) is 0 Å². The molecule has 0 radical (unpaired) electrons. The van der Waals surface area contributed by atoms with Crippen LogP contribution in [0.25, 0.3) is 0 Å². The smallest absolute Gasteiger partial charge is 0.234 e. The van der Waals surface area contributed by atoms with Crippen molar-refractivity contribution in [2.75, 3.05) is 13.6 Å². The van der Waals surface area contributed by atoms with Gasteiger partial charge in [-0.1, -0.05) is 25.7 Å². The first kappa shape index (κ1) is 15.0. The molecular weight excluding hydrogens is 226 g/mol. The first-order valence-corrected chi connectivity index (χ1v) is 7.00. The lowest BCUT2D eigenvalue weighted by Gasteiger charge is -2.23. The average Bonchev–Trinajstić information content (AvgIpc) is 2.57. The summed E-state index contributed by atoms with van der Waals surface area (Å²) in [5.41, 5.74) is 0. The molecule has 0 aromatic rings. The highest BCUT2D eigenvalue weighted by atomic mass is 16.2. The maximum absolute atomic E-state index is 11.9. The summed E-state index contributed by atoms with van der Waals surface area (Å²) in [6, 6.07) is 2.63. The van der Waals surface area contributed by atoms with Gasteiger partial charge in [-0.15, -0.1) is 0 Å². The average molecular weight is 251 g/mol. The van der Waals surface area contributed by atoms with E-state index in [4.69, 9.17) is 5.26 Å². The highest BCUT2D eigenvalue weighted by Crippen LogP contribution is 2.17. The molecular formula is C14H25N3O. The Balaban J connectivity index is 2.29. The molecule has 0 spiro atoms. The van der Waals surface area contributed by atoms with Crippen molar-refractivity contribution in [3.63, 3.8) is 0 Å². The van der Waals surface area contributed by atoms with Crippen molar-refractivity contribution in [1.29, 1.82) is 5.26 Å². The fraction of sp³-hybridized carbons (Fsp3) is 0.857. The number of rotatable bonds is 5. The standard InChI is InChI=1S/C14H25N3O/c1-12(9-10-15)17(2)11-14(18)16-13-7-5-3-4-6-8-13/h12-13H,3-9,11H2,1-2H3,(H,16,18). The Bertz CT molecular complexity index is 290. The van der Waals surface area contributed by atoms with E-state index >= 15 is 0 Å². The van der Waals surface area contributed by atoms with Gasteiger partial charge < -0.3 is 5.32 Å². The third kappa shape index (κ3) is 5.50. The second-order valence-electron chi connectivity index (χ2n) is 5.38. The number of nitrogens with zero attached hydrogens (tertiary/aromatic N) is 2. The van der Waals surface area contributed by atoms with E-state index in [0.717, 1.165) is 12.8 Å². The molecule has 0 saturated heterocycles. The molecule has 1 aliphatic rings. The van der Waals surface area contributed by atoms with Gasteiger partial charge in [0.15, 0.2) is 0 Å². The Labute approximate surface area is 110 Å². The topological polar surface area (TPSA) is 56.1 Å². The molecule has 1 saturated carbocycles. The van der Waals surface area contributed by atoms with Crippen LogP contribution < -0.4 is 5.32 Å². The zero-order valence-electron chi connectivity index (χ0n) is 11.6. The van der Waals surface area contributed by atoms with Crippen LogP contribution in [0.4, 0.5) is 0 Å². The Morgan fingerprint density at radius 2 is 2.00 bits per heavy atom. The van der Waals surface area contributed by atoms with Crippen LogP contribution in [0.1, 0.15) is 51.9 Å². The van der Waals surface area contributed by atoms with Gasteiger partial charge in [0.2, 0.25) is 5.91 Å². The monoisotopic (exact) mass is 251 g/mol. The van der Waals surface area contributed by atoms with E-state index in [2.05, 4.69) is 11.4 Å². The molecule has 0 aliphatic heterocycles. The summed E-state index contributed by atoms with van der Waals surface area (Å²) < 4.78 is 0. The minimum Gasteiger partial charge on any atom is -0.352 e. The second kappa shape index (κ2) is 8.10. The van der Waals surface area contributed by atoms with Crippen LogP contribution in [0, 0.1) is 11.3 Å². The van der Waals surface area contributed by atoms with E-state index in [1.54, 1.807) is 0 Å². The first-order chi connectivity index (χ1) is 8.63. The number of likely N-dealkylation sites (N-methyl/N-ethyl adjacent to an activating group) is 1. The summed E-state index contributed by atoms with van der Waals surface area (Å²) in [7, 11) is 1.90. The zero-order valence-corrected chi connectivity index (χ0v) is 11.6. The molecule has 18 heavy (non-hydrogen) atoms. The maximum atomic E-state index is 11.9. The lowest BCUT2D eigenvalue weighted by atomic mass is 10.1. The number of carbonyl (C=O) groups is 1. The van der Waals surface area contributed by atoms with E-state index in [-0.39, 0.29) is 11.9 Å². The third-order valence-electron chi connectivity index (χ3n) is 3.75. The first-order valence-electron chi connectivity index (χ1n) is 7.00. The van der Waals surface area contributed by atoms with E-state index in [0.29, 0.717) is 19.0 Å². The lowest BCUT2D eigenvalue weighted by Crippen LogP contribution is -2.43. The van der Waals surface area contributed by atoms with E-state index < -0.39 is 0 Å². The van der Waals surface area contributed by atoms with E-state index in [9.17, 15) is 4.79 Å². The van der Waals surface area contributed by atoms with Crippen molar-refractivity contribution in [3.8, 4) is 6.07 Å².